The first kappa shape index (κ1) is 9.71. The van der Waals surface area contributed by atoms with Gasteiger partial charge in [-0.3, -0.25) is 4.79 Å². The van der Waals surface area contributed by atoms with Crippen LogP contribution >= 0.6 is 0 Å². The van der Waals surface area contributed by atoms with Crippen molar-refractivity contribution in [2.24, 2.45) is 23.7 Å². The van der Waals surface area contributed by atoms with Crippen molar-refractivity contribution in [3.63, 3.8) is 0 Å². The molecule has 2 fully saturated rings. The minimum Gasteiger partial charge on any atom is -0.298 e. The van der Waals surface area contributed by atoms with Gasteiger partial charge < -0.3 is 0 Å². The van der Waals surface area contributed by atoms with Crippen molar-refractivity contribution >= 4 is 5.78 Å². The zero-order valence-electron chi connectivity index (χ0n) is 8.70. The highest BCUT2D eigenvalue weighted by Crippen LogP contribution is 2.49. The third kappa shape index (κ3) is 1.45. The fourth-order valence-corrected chi connectivity index (χ4v) is 3.21. The molecule has 2 aliphatic carbocycles. The summed E-state index contributed by atoms with van der Waals surface area (Å²) in [5.74, 6) is 1.56. The Morgan fingerprint density at radius 3 is 2.71 bits per heavy atom. The largest absolute Gasteiger partial charge is 0.298 e. The fourth-order valence-electron chi connectivity index (χ4n) is 3.21. The average molecular weight is 191 g/mol. The Balaban J connectivity index is 2.03. The summed E-state index contributed by atoms with van der Waals surface area (Å²) in [6, 6.07) is 2.14. The van der Waals surface area contributed by atoms with E-state index in [1.165, 1.54) is 19.3 Å². The third-order valence-corrected chi connectivity index (χ3v) is 4.01. The van der Waals surface area contributed by atoms with Gasteiger partial charge in [0, 0.05) is 5.92 Å². The normalized spacial score (nSPS) is 36.7. The Kier molecular flexibility index (Phi) is 2.58. The molecule has 4 atom stereocenters. The number of Topliss-reactive ketones (excluding diaryl/α,β-unsaturated/α-hetero) is 1. The van der Waals surface area contributed by atoms with Gasteiger partial charge >= 0.3 is 0 Å². The van der Waals surface area contributed by atoms with Crippen LogP contribution in [0.15, 0.2) is 0 Å². The van der Waals surface area contributed by atoms with Gasteiger partial charge in [-0.25, -0.2) is 0 Å². The van der Waals surface area contributed by atoms with E-state index in [4.69, 9.17) is 5.26 Å². The molecule has 0 aromatic rings. The maximum atomic E-state index is 12.0. The lowest BCUT2D eigenvalue weighted by Crippen LogP contribution is -2.26. The molecule has 76 valence electrons. The van der Waals surface area contributed by atoms with Crippen LogP contribution in [0.3, 0.4) is 0 Å². The molecule has 2 saturated carbocycles. The fraction of sp³-hybridized carbons (Fsp3) is 0.833. The van der Waals surface area contributed by atoms with Gasteiger partial charge in [0.1, 0.15) is 5.92 Å². The summed E-state index contributed by atoms with van der Waals surface area (Å²) < 4.78 is 0. The van der Waals surface area contributed by atoms with E-state index < -0.39 is 0 Å². The number of fused-ring (bicyclic) bond motifs is 2. The topological polar surface area (TPSA) is 40.9 Å². The molecule has 2 bridgehead atoms. The van der Waals surface area contributed by atoms with E-state index in [9.17, 15) is 4.79 Å². The lowest BCUT2D eigenvalue weighted by Gasteiger charge is -2.21. The number of carbonyl (C=O) groups excluding carboxylic acids is 1. The molecule has 2 aliphatic rings. The Hall–Kier alpha value is -0.840. The highest BCUT2D eigenvalue weighted by molar-refractivity contribution is 5.86. The van der Waals surface area contributed by atoms with Crippen molar-refractivity contribution in [2.75, 3.05) is 0 Å². The standard InChI is InChI=1S/C12H17NO/c1-2-9(7-13)12(14)11-6-8-3-4-10(11)5-8/h8-11H,2-6H2,1H3. The summed E-state index contributed by atoms with van der Waals surface area (Å²) in [5, 5.41) is 8.86. The number of ketones is 1. The smallest absolute Gasteiger partial charge is 0.153 e. The Morgan fingerprint density at radius 1 is 1.50 bits per heavy atom. The molecule has 0 heterocycles. The van der Waals surface area contributed by atoms with Crippen LogP contribution in [-0.2, 0) is 4.79 Å². The number of nitriles is 1. The molecule has 0 spiro atoms. The first-order valence-corrected chi connectivity index (χ1v) is 5.69. The van der Waals surface area contributed by atoms with E-state index in [-0.39, 0.29) is 17.6 Å². The molecule has 0 aliphatic heterocycles. The van der Waals surface area contributed by atoms with Gasteiger partial charge in [0.05, 0.1) is 6.07 Å². The van der Waals surface area contributed by atoms with E-state index >= 15 is 0 Å². The summed E-state index contributed by atoms with van der Waals surface area (Å²) >= 11 is 0. The second kappa shape index (κ2) is 3.73. The lowest BCUT2D eigenvalue weighted by molar-refractivity contribution is -0.126. The predicted octanol–water partition coefficient (Wildman–Crippen LogP) is 2.54. The molecule has 0 radical (unpaired) electrons. The second-order valence-electron chi connectivity index (χ2n) is 4.77. The van der Waals surface area contributed by atoms with Crippen LogP contribution in [0.1, 0.15) is 39.0 Å². The number of hydrogen-bond acceptors (Lipinski definition) is 2. The van der Waals surface area contributed by atoms with E-state index in [0.29, 0.717) is 12.3 Å². The van der Waals surface area contributed by atoms with Gasteiger partial charge in [-0.15, -0.1) is 0 Å². The molecule has 0 saturated heterocycles. The lowest BCUT2D eigenvalue weighted by atomic mass is 9.81. The predicted molar refractivity (Wildman–Crippen MR) is 53.3 cm³/mol. The first-order valence-electron chi connectivity index (χ1n) is 5.69. The minimum absolute atomic E-state index is 0.235. The quantitative estimate of drug-likeness (QED) is 0.687. The van der Waals surface area contributed by atoms with Gasteiger partial charge in [0.2, 0.25) is 0 Å². The van der Waals surface area contributed by atoms with Crippen molar-refractivity contribution in [3.8, 4) is 6.07 Å². The van der Waals surface area contributed by atoms with E-state index in [1.54, 1.807) is 0 Å². The Bertz CT molecular complexity index is 279. The molecular weight excluding hydrogens is 174 g/mol. The molecule has 0 aromatic carbocycles. The second-order valence-corrected chi connectivity index (χ2v) is 4.77. The molecule has 0 N–H and O–H groups in total. The van der Waals surface area contributed by atoms with Crippen molar-refractivity contribution in [3.05, 3.63) is 0 Å². The minimum atomic E-state index is -0.334. The van der Waals surface area contributed by atoms with Crippen molar-refractivity contribution < 1.29 is 4.79 Å². The molecule has 14 heavy (non-hydrogen) atoms. The number of nitrogens with zero attached hydrogens (tertiary/aromatic N) is 1. The van der Waals surface area contributed by atoms with Crippen LogP contribution in [0.4, 0.5) is 0 Å². The molecule has 2 rings (SSSR count). The van der Waals surface area contributed by atoms with Crippen molar-refractivity contribution in [2.45, 2.75) is 39.0 Å². The Labute approximate surface area is 85.3 Å². The number of carbonyl (C=O) groups is 1. The van der Waals surface area contributed by atoms with Gasteiger partial charge in [-0.2, -0.15) is 5.26 Å². The third-order valence-electron chi connectivity index (χ3n) is 4.01. The zero-order valence-corrected chi connectivity index (χ0v) is 8.70. The SMILES string of the molecule is CCC(C#N)C(=O)C1CC2CCC1C2. The van der Waals surface area contributed by atoms with Crippen LogP contribution in [0.2, 0.25) is 0 Å². The highest BCUT2D eigenvalue weighted by Gasteiger charge is 2.44. The van der Waals surface area contributed by atoms with Crippen molar-refractivity contribution in [1.29, 1.82) is 5.26 Å². The molecule has 0 aromatic heterocycles. The average Bonchev–Trinajstić information content (AvgIpc) is 2.80. The maximum Gasteiger partial charge on any atom is 0.153 e. The molecule has 2 nitrogen and oxygen atoms in total. The zero-order chi connectivity index (χ0) is 10.1. The summed E-state index contributed by atoms with van der Waals surface area (Å²) in [6.45, 7) is 1.93. The summed E-state index contributed by atoms with van der Waals surface area (Å²) in [6.07, 6.45) is 5.55. The van der Waals surface area contributed by atoms with E-state index in [2.05, 4.69) is 6.07 Å². The van der Waals surface area contributed by atoms with Gasteiger partial charge in [-0.05, 0) is 37.5 Å². The van der Waals surface area contributed by atoms with E-state index in [1.807, 2.05) is 6.92 Å². The number of hydrogen-bond donors (Lipinski definition) is 0. The number of rotatable bonds is 3. The monoisotopic (exact) mass is 191 g/mol. The van der Waals surface area contributed by atoms with Crippen LogP contribution in [0.25, 0.3) is 0 Å². The molecule has 2 heteroatoms. The van der Waals surface area contributed by atoms with Crippen LogP contribution in [-0.4, -0.2) is 5.78 Å². The maximum absolute atomic E-state index is 12.0. The first-order chi connectivity index (χ1) is 6.76. The molecular formula is C12H17NO. The van der Waals surface area contributed by atoms with E-state index in [0.717, 1.165) is 12.3 Å². The van der Waals surface area contributed by atoms with Gasteiger partial charge in [0.25, 0.3) is 0 Å². The molecule has 4 unspecified atom stereocenters. The van der Waals surface area contributed by atoms with Crippen LogP contribution in [0, 0.1) is 35.0 Å². The van der Waals surface area contributed by atoms with Crippen LogP contribution < -0.4 is 0 Å². The molecule has 0 amide bonds. The summed E-state index contributed by atoms with van der Waals surface area (Å²) in [5.41, 5.74) is 0. The highest BCUT2D eigenvalue weighted by atomic mass is 16.1. The van der Waals surface area contributed by atoms with Gasteiger partial charge in [0.15, 0.2) is 5.78 Å². The summed E-state index contributed by atoms with van der Waals surface area (Å²) in [7, 11) is 0. The summed E-state index contributed by atoms with van der Waals surface area (Å²) in [4.78, 5) is 12.0. The van der Waals surface area contributed by atoms with Crippen LogP contribution in [0.5, 0.6) is 0 Å². The van der Waals surface area contributed by atoms with Crippen molar-refractivity contribution in [1.82, 2.24) is 0 Å². The Morgan fingerprint density at radius 2 is 2.29 bits per heavy atom. The van der Waals surface area contributed by atoms with Gasteiger partial charge in [-0.1, -0.05) is 13.3 Å².